The van der Waals surface area contributed by atoms with E-state index in [0.29, 0.717) is 6.07 Å². The van der Waals surface area contributed by atoms with Crippen LogP contribution in [0.3, 0.4) is 0 Å². The number of halogens is 5. The van der Waals surface area contributed by atoms with Crippen LogP contribution in [0.1, 0.15) is 5.69 Å². The Labute approximate surface area is 96.8 Å². The summed E-state index contributed by atoms with van der Waals surface area (Å²) in [5.74, 6) is -0.784. The molecule has 0 amide bonds. The molecule has 1 aromatic heterocycles. The Kier molecular flexibility index (Phi) is 2.61. The van der Waals surface area contributed by atoms with Crippen molar-refractivity contribution in [2.24, 2.45) is 0 Å². The van der Waals surface area contributed by atoms with Gasteiger partial charge in [-0.15, -0.1) is 0 Å². The third-order valence-electron chi connectivity index (χ3n) is 2.16. The van der Waals surface area contributed by atoms with Crippen LogP contribution in [0, 0.1) is 5.82 Å². The second-order valence-corrected chi connectivity index (χ2v) is 3.76. The summed E-state index contributed by atoms with van der Waals surface area (Å²) in [6.07, 6.45) is -4.69. The fraction of sp³-hybridized carbons (Fsp3) is 0.100. The molecule has 0 aliphatic rings. The molecule has 0 saturated carbocycles. The lowest BCUT2D eigenvalue weighted by Crippen LogP contribution is -2.14. The van der Waals surface area contributed by atoms with Gasteiger partial charge in [0.15, 0.2) is 5.43 Å². The molecule has 2 nitrogen and oxygen atoms in total. The predicted molar refractivity (Wildman–Crippen MR) is 54.5 cm³/mol. The van der Waals surface area contributed by atoms with Crippen LogP contribution >= 0.6 is 11.6 Å². The van der Waals surface area contributed by atoms with Crippen LogP contribution in [0.4, 0.5) is 17.6 Å². The number of alkyl halides is 3. The molecule has 1 aromatic carbocycles. The third kappa shape index (κ3) is 2.12. The zero-order valence-electron chi connectivity index (χ0n) is 8.03. The number of aromatic nitrogens is 1. The van der Waals surface area contributed by atoms with Gasteiger partial charge in [-0.05, 0) is 12.1 Å². The molecule has 2 aromatic rings. The van der Waals surface area contributed by atoms with Crippen molar-refractivity contribution in [2.75, 3.05) is 0 Å². The Hall–Kier alpha value is -1.56. The van der Waals surface area contributed by atoms with Crippen LogP contribution < -0.4 is 5.43 Å². The van der Waals surface area contributed by atoms with Crippen LogP contribution in [0.15, 0.2) is 23.0 Å². The molecule has 0 spiro atoms. The van der Waals surface area contributed by atoms with Crippen LogP contribution in [0.2, 0.25) is 5.02 Å². The van der Waals surface area contributed by atoms with Crippen molar-refractivity contribution in [1.29, 1.82) is 0 Å². The second kappa shape index (κ2) is 3.73. The van der Waals surface area contributed by atoms with Crippen molar-refractivity contribution >= 4 is 22.5 Å². The van der Waals surface area contributed by atoms with Crippen molar-refractivity contribution in [3.63, 3.8) is 0 Å². The Bertz CT molecular complexity index is 647. The molecule has 0 radical (unpaired) electrons. The summed E-state index contributed by atoms with van der Waals surface area (Å²) in [5, 5.41) is -0.494. The minimum Gasteiger partial charge on any atom is -0.350 e. The highest BCUT2D eigenvalue weighted by atomic mass is 35.5. The van der Waals surface area contributed by atoms with E-state index in [1.807, 2.05) is 4.98 Å². The quantitative estimate of drug-likeness (QED) is 0.728. The summed E-state index contributed by atoms with van der Waals surface area (Å²) >= 11 is 5.58. The number of fused-ring (bicyclic) bond motifs is 1. The molecule has 2 rings (SSSR count). The first-order chi connectivity index (χ1) is 7.79. The molecule has 17 heavy (non-hydrogen) atoms. The summed E-state index contributed by atoms with van der Waals surface area (Å²) in [6, 6.07) is 2.04. The highest BCUT2D eigenvalue weighted by molar-refractivity contribution is 6.35. The molecular formula is C10H4ClF4NO. The van der Waals surface area contributed by atoms with Gasteiger partial charge in [0.25, 0.3) is 0 Å². The van der Waals surface area contributed by atoms with E-state index in [1.165, 1.54) is 0 Å². The first-order valence-corrected chi connectivity index (χ1v) is 4.76. The smallest absolute Gasteiger partial charge is 0.350 e. The maximum atomic E-state index is 13.0. The summed E-state index contributed by atoms with van der Waals surface area (Å²) < 4.78 is 50.2. The topological polar surface area (TPSA) is 32.9 Å². The van der Waals surface area contributed by atoms with Gasteiger partial charge in [-0.1, -0.05) is 11.6 Å². The minimum atomic E-state index is -4.69. The lowest BCUT2D eigenvalue weighted by Gasteiger charge is -2.08. The summed E-state index contributed by atoms with van der Waals surface area (Å²) in [6.45, 7) is 0. The van der Waals surface area contributed by atoms with Crippen molar-refractivity contribution < 1.29 is 17.6 Å². The summed E-state index contributed by atoms with van der Waals surface area (Å²) in [7, 11) is 0. The van der Waals surface area contributed by atoms with E-state index in [4.69, 9.17) is 11.6 Å². The zero-order valence-corrected chi connectivity index (χ0v) is 8.79. The number of benzene rings is 1. The van der Waals surface area contributed by atoms with Gasteiger partial charge in [0.05, 0.1) is 10.5 Å². The number of aromatic amines is 1. The van der Waals surface area contributed by atoms with E-state index in [1.54, 1.807) is 0 Å². The molecular weight excluding hydrogens is 262 g/mol. The molecule has 1 heterocycles. The van der Waals surface area contributed by atoms with Crippen LogP contribution in [0.25, 0.3) is 10.9 Å². The standard InChI is InChI=1S/C10H4ClF4NO/c11-6-2-4(12)1-5-7(17)3-8(10(13,14)15)16-9(5)6/h1-3H,(H,16,17). The monoisotopic (exact) mass is 265 g/mol. The van der Waals surface area contributed by atoms with Gasteiger partial charge in [0, 0.05) is 11.5 Å². The average molecular weight is 266 g/mol. The largest absolute Gasteiger partial charge is 0.431 e. The van der Waals surface area contributed by atoms with Crippen molar-refractivity contribution in [3.05, 3.63) is 45.0 Å². The first-order valence-electron chi connectivity index (χ1n) is 4.38. The van der Waals surface area contributed by atoms with E-state index >= 15 is 0 Å². The highest BCUT2D eigenvalue weighted by Gasteiger charge is 2.32. The van der Waals surface area contributed by atoms with E-state index in [2.05, 4.69) is 0 Å². The molecule has 0 fully saturated rings. The normalized spacial score (nSPS) is 12.1. The molecule has 0 aliphatic carbocycles. The Morgan fingerprint density at radius 2 is 1.82 bits per heavy atom. The zero-order chi connectivity index (χ0) is 12.8. The number of rotatable bonds is 0. The molecule has 0 bridgehead atoms. The molecule has 0 aliphatic heterocycles. The van der Waals surface area contributed by atoms with Gasteiger partial charge in [-0.25, -0.2) is 4.39 Å². The molecule has 0 unspecified atom stereocenters. The van der Waals surface area contributed by atoms with Crippen molar-refractivity contribution in [2.45, 2.75) is 6.18 Å². The molecule has 90 valence electrons. The van der Waals surface area contributed by atoms with Gasteiger partial charge >= 0.3 is 6.18 Å². The molecule has 0 saturated heterocycles. The average Bonchev–Trinajstić information content (AvgIpc) is 2.17. The molecule has 0 atom stereocenters. The number of nitrogens with one attached hydrogen (secondary N) is 1. The van der Waals surface area contributed by atoms with Gasteiger partial charge < -0.3 is 4.98 Å². The van der Waals surface area contributed by atoms with E-state index < -0.39 is 23.1 Å². The highest BCUT2D eigenvalue weighted by Crippen LogP contribution is 2.29. The van der Waals surface area contributed by atoms with Gasteiger partial charge in [0.1, 0.15) is 11.5 Å². The predicted octanol–water partition coefficient (Wildman–Crippen LogP) is 3.34. The lowest BCUT2D eigenvalue weighted by atomic mass is 10.2. The lowest BCUT2D eigenvalue weighted by molar-refractivity contribution is -0.141. The summed E-state index contributed by atoms with van der Waals surface area (Å²) in [4.78, 5) is 13.4. The Balaban J connectivity index is 2.88. The van der Waals surface area contributed by atoms with Gasteiger partial charge in [-0.3, -0.25) is 4.79 Å². The van der Waals surface area contributed by atoms with E-state index in [0.717, 1.165) is 12.1 Å². The number of hydrogen-bond donors (Lipinski definition) is 1. The summed E-state index contributed by atoms with van der Waals surface area (Å²) in [5.41, 5.74) is -2.39. The number of pyridine rings is 1. The van der Waals surface area contributed by atoms with E-state index in [9.17, 15) is 22.4 Å². The van der Waals surface area contributed by atoms with Gasteiger partial charge in [-0.2, -0.15) is 13.2 Å². The molecule has 7 heteroatoms. The van der Waals surface area contributed by atoms with Crippen LogP contribution in [-0.4, -0.2) is 4.98 Å². The Morgan fingerprint density at radius 1 is 1.18 bits per heavy atom. The fourth-order valence-corrected chi connectivity index (χ4v) is 1.68. The fourth-order valence-electron chi connectivity index (χ4n) is 1.43. The maximum absolute atomic E-state index is 13.0. The van der Waals surface area contributed by atoms with Crippen molar-refractivity contribution in [1.82, 2.24) is 4.98 Å². The van der Waals surface area contributed by atoms with Gasteiger partial charge in [0.2, 0.25) is 0 Å². The number of H-pyrrole nitrogens is 1. The minimum absolute atomic E-state index is 0.219. The maximum Gasteiger partial charge on any atom is 0.431 e. The SMILES string of the molecule is O=c1cc(C(F)(F)F)[nH]c2c(Cl)cc(F)cc12. The van der Waals surface area contributed by atoms with Crippen molar-refractivity contribution in [3.8, 4) is 0 Å². The third-order valence-corrected chi connectivity index (χ3v) is 2.46. The van der Waals surface area contributed by atoms with Crippen LogP contribution in [-0.2, 0) is 6.18 Å². The first kappa shape index (κ1) is 11.9. The number of hydrogen-bond acceptors (Lipinski definition) is 1. The van der Waals surface area contributed by atoms with Crippen LogP contribution in [0.5, 0.6) is 0 Å². The molecule has 1 N–H and O–H groups in total. The second-order valence-electron chi connectivity index (χ2n) is 3.36. The van der Waals surface area contributed by atoms with E-state index in [-0.39, 0.29) is 15.9 Å². The Morgan fingerprint density at radius 3 is 2.41 bits per heavy atom.